The molecular formula is C27H25F4N7OS. The number of carbonyl (C=O) groups is 1. The van der Waals surface area contributed by atoms with Crippen LogP contribution in [0.3, 0.4) is 0 Å². The van der Waals surface area contributed by atoms with Crippen LogP contribution in [-0.2, 0) is 18.0 Å². The number of carbonyl (C=O) groups excluding carboxylic acids is 1. The van der Waals surface area contributed by atoms with Crippen molar-refractivity contribution in [3.8, 4) is 10.6 Å². The van der Waals surface area contributed by atoms with Gasteiger partial charge in [0.25, 0.3) is 0 Å². The molecule has 4 aromatic rings. The monoisotopic (exact) mass is 571 g/mol. The standard InChI is InChI=1S/C27H25F4N7OS/c1-16-24(26(39)37-13-11-36(12-14-37)18-5-3-17(28)4-6-18)25(38-23(33-16)9-10-32-38)21-8-7-20(40-21)19-15-22(27(29,30)31)34-35(19)2/h3-10,15,24-25H,11-14H2,1-2H3. The molecule has 2 aliphatic rings. The fraction of sp³-hybridized carbons (Fsp3) is 0.333. The van der Waals surface area contributed by atoms with Gasteiger partial charge in [-0.2, -0.15) is 23.4 Å². The van der Waals surface area contributed by atoms with Crippen LogP contribution >= 0.6 is 11.3 Å². The second-order valence-electron chi connectivity index (χ2n) is 9.84. The van der Waals surface area contributed by atoms with Crippen molar-refractivity contribution in [2.24, 2.45) is 18.0 Å². The Morgan fingerprint density at radius 3 is 2.42 bits per heavy atom. The number of piperazine rings is 1. The summed E-state index contributed by atoms with van der Waals surface area (Å²) in [7, 11) is 1.48. The maximum Gasteiger partial charge on any atom is 0.435 e. The Hall–Kier alpha value is -4.00. The van der Waals surface area contributed by atoms with Crippen LogP contribution in [0.25, 0.3) is 10.6 Å². The van der Waals surface area contributed by atoms with E-state index in [2.05, 4.69) is 20.1 Å². The number of anilines is 1. The number of hydrogen-bond donors (Lipinski definition) is 0. The normalized spacial score (nSPS) is 19.5. The number of thiophene rings is 1. The number of nitrogens with zero attached hydrogens (tertiary/aromatic N) is 7. The van der Waals surface area contributed by atoms with Crippen LogP contribution in [0.15, 0.2) is 59.7 Å². The highest BCUT2D eigenvalue weighted by atomic mass is 32.1. The summed E-state index contributed by atoms with van der Waals surface area (Å²) >= 11 is 1.31. The van der Waals surface area contributed by atoms with Gasteiger partial charge in [-0.05, 0) is 49.4 Å². The van der Waals surface area contributed by atoms with E-state index < -0.39 is 23.8 Å². The van der Waals surface area contributed by atoms with Crippen molar-refractivity contribution in [3.63, 3.8) is 0 Å². The Morgan fingerprint density at radius 1 is 1.02 bits per heavy atom. The number of alkyl halides is 3. The summed E-state index contributed by atoms with van der Waals surface area (Å²) in [5, 5.41) is 8.10. The second kappa shape index (κ2) is 9.88. The number of aliphatic imine (C=N–C) groups is 1. The van der Waals surface area contributed by atoms with Crippen LogP contribution in [0.2, 0.25) is 0 Å². The molecule has 0 aliphatic carbocycles. The number of halogens is 4. The molecule has 1 amide bonds. The lowest BCUT2D eigenvalue weighted by Crippen LogP contribution is -2.53. The number of aryl methyl sites for hydroxylation is 1. The zero-order chi connectivity index (χ0) is 28.2. The predicted octanol–water partition coefficient (Wildman–Crippen LogP) is 5.16. The highest BCUT2D eigenvalue weighted by molar-refractivity contribution is 7.15. The third-order valence-corrected chi connectivity index (χ3v) is 8.54. The number of benzene rings is 1. The summed E-state index contributed by atoms with van der Waals surface area (Å²) in [6, 6.07) is 12.2. The van der Waals surface area contributed by atoms with Gasteiger partial charge in [-0.3, -0.25) is 9.48 Å². The first-order chi connectivity index (χ1) is 19.1. The molecule has 2 aliphatic heterocycles. The molecule has 0 saturated carbocycles. The molecule has 8 nitrogen and oxygen atoms in total. The lowest BCUT2D eigenvalue weighted by molar-refractivity contribution is -0.141. The zero-order valence-electron chi connectivity index (χ0n) is 21.6. The van der Waals surface area contributed by atoms with E-state index in [1.54, 1.807) is 35.1 Å². The van der Waals surface area contributed by atoms with Crippen molar-refractivity contribution in [1.82, 2.24) is 24.5 Å². The van der Waals surface area contributed by atoms with Gasteiger partial charge in [-0.15, -0.1) is 11.3 Å². The fourth-order valence-electron chi connectivity index (χ4n) is 5.35. The Labute approximate surface area is 231 Å². The lowest BCUT2D eigenvalue weighted by Gasteiger charge is -2.39. The molecule has 5 heterocycles. The third-order valence-electron chi connectivity index (χ3n) is 7.36. The van der Waals surface area contributed by atoms with E-state index in [0.717, 1.165) is 16.6 Å². The van der Waals surface area contributed by atoms with E-state index in [4.69, 9.17) is 0 Å². The zero-order valence-corrected chi connectivity index (χ0v) is 22.5. The average molecular weight is 572 g/mol. The summed E-state index contributed by atoms with van der Waals surface area (Å²) in [5.41, 5.74) is 0.935. The number of hydrogen-bond acceptors (Lipinski definition) is 6. The van der Waals surface area contributed by atoms with Gasteiger partial charge >= 0.3 is 6.18 Å². The molecule has 0 bridgehead atoms. The Kier molecular flexibility index (Phi) is 6.48. The maximum atomic E-state index is 14.0. The summed E-state index contributed by atoms with van der Waals surface area (Å²) in [5.74, 6) is -0.397. The summed E-state index contributed by atoms with van der Waals surface area (Å²) < 4.78 is 56.1. The SMILES string of the molecule is CC1=Nc2ccnn2C(c2ccc(-c3cc(C(F)(F)F)nn3C)s2)C1C(=O)N1CCN(c2ccc(F)cc2)CC1. The van der Waals surface area contributed by atoms with Gasteiger partial charge in [0, 0.05) is 55.6 Å². The minimum absolute atomic E-state index is 0.0824. The predicted molar refractivity (Wildman–Crippen MR) is 143 cm³/mol. The van der Waals surface area contributed by atoms with Crippen molar-refractivity contribution < 1.29 is 22.4 Å². The first-order valence-corrected chi connectivity index (χ1v) is 13.5. The minimum Gasteiger partial charge on any atom is -0.368 e. The molecular weight excluding hydrogens is 546 g/mol. The molecule has 0 spiro atoms. The fourth-order valence-corrected chi connectivity index (χ4v) is 6.53. The van der Waals surface area contributed by atoms with Crippen LogP contribution in [0.5, 0.6) is 0 Å². The molecule has 6 rings (SSSR count). The van der Waals surface area contributed by atoms with Gasteiger partial charge < -0.3 is 9.80 Å². The number of amides is 1. The summed E-state index contributed by atoms with van der Waals surface area (Å²) in [4.78, 5) is 24.0. The molecule has 1 saturated heterocycles. The Balaban J connectivity index is 1.28. The maximum absolute atomic E-state index is 14.0. The van der Waals surface area contributed by atoms with E-state index in [0.29, 0.717) is 48.3 Å². The van der Waals surface area contributed by atoms with Crippen molar-refractivity contribution in [2.75, 3.05) is 31.1 Å². The van der Waals surface area contributed by atoms with Crippen molar-refractivity contribution >= 4 is 34.5 Å². The Bertz CT molecular complexity index is 1580. The van der Waals surface area contributed by atoms with Gasteiger partial charge in [0.15, 0.2) is 11.5 Å². The first kappa shape index (κ1) is 26.2. The van der Waals surface area contributed by atoms with Gasteiger partial charge in [-0.1, -0.05) is 0 Å². The highest BCUT2D eigenvalue weighted by Crippen LogP contribution is 2.42. The van der Waals surface area contributed by atoms with Gasteiger partial charge in [-0.25, -0.2) is 14.1 Å². The van der Waals surface area contributed by atoms with Crippen LogP contribution in [0.4, 0.5) is 29.1 Å². The number of fused-ring (bicyclic) bond motifs is 1. The second-order valence-corrected chi connectivity index (χ2v) is 11.0. The molecule has 2 unspecified atom stereocenters. The Morgan fingerprint density at radius 2 is 1.75 bits per heavy atom. The van der Waals surface area contributed by atoms with Crippen molar-refractivity contribution in [1.29, 1.82) is 0 Å². The quantitative estimate of drug-likeness (QED) is 0.317. The van der Waals surface area contributed by atoms with E-state index in [9.17, 15) is 22.4 Å². The lowest BCUT2D eigenvalue weighted by atomic mass is 9.90. The van der Waals surface area contributed by atoms with Crippen LogP contribution in [0.1, 0.15) is 23.5 Å². The molecule has 1 aromatic carbocycles. The van der Waals surface area contributed by atoms with E-state index >= 15 is 0 Å². The molecule has 3 aromatic heterocycles. The molecule has 0 radical (unpaired) electrons. The molecule has 2 atom stereocenters. The molecule has 208 valence electrons. The van der Waals surface area contributed by atoms with E-state index in [1.807, 2.05) is 17.9 Å². The topological polar surface area (TPSA) is 71.5 Å². The molecule has 13 heteroatoms. The molecule has 40 heavy (non-hydrogen) atoms. The summed E-state index contributed by atoms with van der Waals surface area (Å²) in [6.45, 7) is 4.01. The van der Waals surface area contributed by atoms with Crippen molar-refractivity contribution in [2.45, 2.75) is 19.1 Å². The molecule has 1 fully saturated rings. The van der Waals surface area contributed by atoms with Crippen LogP contribution < -0.4 is 4.90 Å². The van der Waals surface area contributed by atoms with Crippen molar-refractivity contribution in [3.05, 3.63) is 71.1 Å². The smallest absolute Gasteiger partial charge is 0.368 e. The largest absolute Gasteiger partial charge is 0.435 e. The van der Waals surface area contributed by atoms with Gasteiger partial charge in [0.1, 0.15) is 17.8 Å². The van der Waals surface area contributed by atoms with Crippen LogP contribution in [0, 0.1) is 11.7 Å². The van der Waals surface area contributed by atoms with E-state index in [1.165, 1.54) is 35.2 Å². The first-order valence-electron chi connectivity index (χ1n) is 12.7. The van der Waals surface area contributed by atoms with Crippen LogP contribution in [-0.4, -0.2) is 62.3 Å². The average Bonchev–Trinajstić information content (AvgIpc) is 3.67. The van der Waals surface area contributed by atoms with Gasteiger partial charge in [0.2, 0.25) is 5.91 Å². The molecule has 0 N–H and O–H groups in total. The van der Waals surface area contributed by atoms with E-state index in [-0.39, 0.29) is 11.7 Å². The number of rotatable bonds is 4. The highest BCUT2D eigenvalue weighted by Gasteiger charge is 2.42. The summed E-state index contributed by atoms with van der Waals surface area (Å²) in [6.07, 6.45) is -2.92. The minimum atomic E-state index is -4.55. The van der Waals surface area contributed by atoms with Gasteiger partial charge in [0.05, 0.1) is 16.8 Å². The number of aromatic nitrogens is 4. The third kappa shape index (κ3) is 4.67.